The van der Waals surface area contributed by atoms with Crippen LogP contribution in [0.5, 0.6) is 0 Å². The number of hydrogen-bond acceptors (Lipinski definition) is 2. The Morgan fingerprint density at radius 2 is 2.11 bits per heavy atom. The fourth-order valence-corrected chi connectivity index (χ4v) is 0.381. The Morgan fingerprint density at radius 1 is 1.67 bits per heavy atom. The van der Waals surface area contributed by atoms with Crippen LogP contribution in [0.2, 0.25) is 0 Å². The van der Waals surface area contributed by atoms with Crippen molar-refractivity contribution in [1.29, 1.82) is 0 Å². The Balaban J connectivity index is 0. The van der Waals surface area contributed by atoms with Gasteiger partial charge in [-0.2, -0.15) is 0 Å². The van der Waals surface area contributed by atoms with Gasteiger partial charge in [0.25, 0.3) is 0 Å². The van der Waals surface area contributed by atoms with E-state index in [-0.39, 0.29) is 51.4 Å². The third-order valence-electron chi connectivity index (χ3n) is 0.540. The van der Waals surface area contributed by atoms with E-state index in [0.717, 1.165) is 0 Å². The first-order valence-corrected chi connectivity index (χ1v) is 3.34. The van der Waals surface area contributed by atoms with Gasteiger partial charge >= 0.3 is 51.4 Å². The van der Waals surface area contributed by atoms with E-state index >= 15 is 0 Å². The van der Waals surface area contributed by atoms with Gasteiger partial charge in [0.15, 0.2) is 0 Å². The second-order valence-electron chi connectivity index (χ2n) is 1.97. The molecule has 0 N–H and O–H groups in total. The van der Waals surface area contributed by atoms with Crippen LogP contribution in [0.25, 0.3) is 0 Å². The minimum absolute atomic E-state index is 0. The second-order valence-corrected chi connectivity index (χ2v) is 3.05. The molecule has 4 heteroatoms. The summed E-state index contributed by atoms with van der Waals surface area (Å²) in [5.74, 6) is 0.528. The predicted octanol–water partition coefficient (Wildman–Crippen LogP) is 1.23. The first-order valence-electron chi connectivity index (χ1n) is 2.48. The van der Waals surface area contributed by atoms with E-state index in [1.54, 1.807) is 0 Å². The van der Waals surface area contributed by atoms with Gasteiger partial charge < -0.3 is 4.74 Å². The van der Waals surface area contributed by atoms with E-state index in [9.17, 15) is 0 Å². The fourth-order valence-electron chi connectivity index (χ4n) is 0.238. The molecule has 0 spiro atoms. The number of rotatable bonds is 2. The van der Waals surface area contributed by atoms with Crippen LogP contribution in [-0.2, 0) is 4.74 Å². The molecule has 0 saturated carbocycles. The molecule has 0 aliphatic heterocycles. The molecule has 0 saturated heterocycles. The first kappa shape index (κ1) is 13.5. The molecule has 0 aromatic carbocycles. The van der Waals surface area contributed by atoms with Gasteiger partial charge in [-0.3, -0.25) is 0 Å². The standard InChI is InChI=1S/C5H10OS2.K.H/c1-4(2)3-6-5(7)8;;/h4H,3H2,1-2H3,(H,7,8);;. The summed E-state index contributed by atoms with van der Waals surface area (Å²) in [5.41, 5.74) is 0. The number of hydrogen-bond donors (Lipinski definition) is 1. The van der Waals surface area contributed by atoms with Crippen LogP contribution in [0.3, 0.4) is 0 Å². The summed E-state index contributed by atoms with van der Waals surface area (Å²) in [4.78, 5) is 0. The van der Waals surface area contributed by atoms with Crippen LogP contribution in [0.1, 0.15) is 13.8 Å². The normalized spacial score (nSPS) is 8.44. The Hall–Kier alpha value is 1.88. The summed E-state index contributed by atoms with van der Waals surface area (Å²) in [6.45, 7) is 4.79. The zero-order chi connectivity index (χ0) is 6.57. The monoisotopic (exact) mass is 190 g/mol. The summed E-state index contributed by atoms with van der Waals surface area (Å²) >= 11 is 8.34. The summed E-state index contributed by atoms with van der Waals surface area (Å²) < 4.78 is 5.23. The molecule has 9 heavy (non-hydrogen) atoms. The summed E-state index contributed by atoms with van der Waals surface area (Å²) in [6.07, 6.45) is 0. The van der Waals surface area contributed by atoms with Crippen LogP contribution in [0, 0.1) is 5.92 Å². The molecule has 0 bridgehead atoms. The number of thiocarbonyl (C=S) groups is 1. The molecule has 0 atom stereocenters. The molecule has 0 aromatic heterocycles. The molecule has 0 heterocycles. The Labute approximate surface area is 110 Å². The van der Waals surface area contributed by atoms with E-state index < -0.39 is 0 Å². The van der Waals surface area contributed by atoms with Crippen LogP contribution in [0.4, 0.5) is 0 Å². The maximum absolute atomic E-state index is 4.90. The minimum atomic E-state index is 0. The van der Waals surface area contributed by atoms with Crippen molar-refractivity contribution in [2.75, 3.05) is 6.61 Å². The predicted molar refractivity (Wildman–Crippen MR) is 49.5 cm³/mol. The van der Waals surface area contributed by atoms with Crippen molar-refractivity contribution in [2.24, 2.45) is 5.92 Å². The van der Waals surface area contributed by atoms with Crippen LogP contribution < -0.4 is 0 Å². The average molecular weight is 190 g/mol. The number of thiol groups is 1. The zero-order valence-electron chi connectivity index (χ0n) is 5.05. The SMILES string of the molecule is CC(C)COC(=S)S.[KH]. The fraction of sp³-hybridized carbons (Fsp3) is 0.800. The van der Waals surface area contributed by atoms with Gasteiger partial charge in [-0.25, -0.2) is 0 Å². The van der Waals surface area contributed by atoms with Crippen molar-refractivity contribution < 1.29 is 4.74 Å². The number of ether oxygens (including phenoxy) is 1. The second kappa shape index (κ2) is 7.98. The van der Waals surface area contributed by atoms with Crippen molar-refractivity contribution in [1.82, 2.24) is 0 Å². The zero-order valence-corrected chi connectivity index (χ0v) is 6.76. The van der Waals surface area contributed by atoms with Gasteiger partial charge in [0.2, 0.25) is 4.38 Å². The van der Waals surface area contributed by atoms with Crippen molar-refractivity contribution in [3.8, 4) is 0 Å². The Kier molecular flexibility index (Phi) is 11.9. The third kappa shape index (κ3) is 13.0. The van der Waals surface area contributed by atoms with Crippen LogP contribution in [-0.4, -0.2) is 62.4 Å². The van der Waals surface area contributed by atoms with Crippen molar-refractivity contribution >= 4 is 80.6 Å². The third-order valence-corrected chi connectivity index (χ3v) is 0.787. The molecule has 0 radical (unpaired) electrons. The van der Waals surface area contributed by atoms with Gasteiger partial charge in [0, 0.05) is 0 Å². The van der Waals surface area contributed by atoms with Crippen molar-refractivity contribution in [2.45, 2.75) is 13.8 Å². The van der Waals surface area contributed by atoms with Crippen molar-refractivity contribution in [3.05, 3.63) is 0 Å². The summed E-state index contributed by atoms with van der Waals surface area (Å²) in [6, 6.07) is 0. The molecular weight excluding hydrogens is 179 g/mol. The van der Waals surface area contributed by atoms with Gasteiger partial charge in [0.05, 0.1) is 6.61 Å². The summed E-state index contributed by atoms with van der Waals surface area (Å²) in [5, 5.41) is 0. The van der Waals surface area contributed by atoms with Crippen molar-refractivity contribution in [3.63, 3.8) is 0 Å². The van der Waals surface area contributed by atoms with E-state index in [1.165, 1.54) is 0 Å². The molecule has 0 rings (SSSR count). The summed E-state index contributed by atoms with van der Waals surface area (Å²) in [7, 11) is 0. The van der Waals surface area contributed by atoms with Gasteiger partial charge in [0.1, 0.15) is 0 Å². The van der Waals surface area contributed by atoms with E-state index in [2.05, 4.69) is 38.7 Å². The molecule has 0 fully saturated rings. The van der Waals surface area contributed by atoms with E-state index in [4.69, 9.17) is 4.74 Å². The van der Waals surface area contributed by atoms with E-state index in [0.29, 0.717) is 16.9 Å². The van der Waals surface area contributed by atoms with Crippen LogP contribution in [0.15, 0.2) is 0 Å². The molecular formula is C5H11KOS2. The first-order chi connectivity index (χ1) is 3.63. The quantitative estimate of drug-likeness (QED) is 0.398. The van der Waals surface area contributed by atoms with Gasteiger partial charge in [-0.15, -0.1) is 0 Å². The molecule has 0 aromatic rings. The maximum atomic E-state index is 4.90. The molecule has 1 nitrogen and oxygen atoms in total. The topological polar surface area (TPSA) is 9.23 Å². The average Bonchev–Trinajstić information content (AvgIpc) is 1.61. The molecule has 0 unspecified atom stereocenters. The van der Waals surface area contributed by atoms with Gasteiger partial charge in [-0.1, -0.05) is 26.5 Å². The molecule has 50 valence electrons. The van der Waals surface area contributed by atoms with Crippen LogP contribution >= 0.6 is 24.8 Å². The Bertz CT molecular complexity index is 85.0. The van der Waals surface area contributed by atoms with Gasteiger partial charge in [-0.05, 0) is 18.1 Å². The molecule has 0 amide bonds. The molecule has 0 aliphatic rings. The Morgan fingerprint density at radius 3 is 2.22 bits per heavy atom. The molecule has 0 aliphatic carbocycles. The van der Waals surface area contributed by atoms with E-state index in [1.807, 2.05) is 0 Å².